The van der Waals surface area contributed by atoms with Gasteiger partial charge in [0, 0.05) is 28.8 Å². The third kappa shape index (κ3) is 3.44. The molecule has 0 aliphatic rings. The SMILES string of the molecule is N#CCC(CC#N)c1cc(Cl)cc(Cl)c1. The van der Waals surface area contributed by atoms with Crippen LogP contribution >= 0.6 is 23.2 Å². The molecule has 0 bridgehead atoms. The zero-order valence-corrected chi connectivity index (χ0v) is 9.39. The van der Waals surface area contributed by atoms with Crippen molar-refractivity contribution in [2.75, 3.05) is 0 Å². The molecule has 0 saturated carbocycles. The van der Waals surface area contributed by atoms with Gasteiger partial charge in [-0.3, -0.25) is 0 Å². The van der Waals surface area contributed by atoms with Crippen molar-refractivity contribution in [2.24, 2.45) is 0 Å². The number of nitrogens with zero attached hydrogens (tertiary/aromatic N) is 2. The monoisotopic (exact) mass is 238 g/mol. The number of hydrogen-bond donors (Lipinski definition) is 0. The molecule has 0 spiro atoms. The highest BCUT2D eigenvalue weighted by atomic mass is 35.5. The molecule has 76 valence electrons. The zero-order valence-electron chi connectivity index (χ0n) is 7.87. The van der Waals surface area contributed by atoms with Crippen molar-refractivity contribution >= 4 is 23.2 Å². The van der Waals surface area contributed by atoms with Gasteiger partial charge in [-0.05, 0) is 23.8 Å². The summed E-state index contributed by atoms with van der Waals surface area (Å²) in [5, 5.41) is 18.3. The predicted molar refractivity (Wildman–Crippen MR) is 59.7 cm³/mol. The number of nitriles is 2. The van der Waals surface area contributed by atoms with Crippen LogP contribution < -0.4 is 0 Å². The van der Waals surface area contributed by atoms with Crippen molar-refractivity contribution in [3.63, 3.8) is 0 Å². The quantitative estimate of drug-likeness (QED) is 0.802. The largest absolute Gasteiger partial charge is 0.198 e. The molecule has 0 radical (unpaired) electrons. The maximum Gasteiger partial charge on any atom is 0.0628 e. The van der Waals surface area contributed by atoms with Gasteiger partial charge in [-0.2, -0.15) is 10.5 Å². The van der Waals surface area contributed by atoms with Crippen LogP contribution in [0, 0.1) is 22.7 Å². The molecule has 2 nitrogen and oxygen atoms in total. The van der Waals surface area contributed by atoms with E-state index < -0.39 is 0 Å². The van der Waals surface area contributed by atoms with Crippen molar-refractivity contribution in [1.82, 2.24) is 0 Å². The lowest BCUT2D eigenvalue weighted by molar-refractivity contribution is 0.726. The van der Waals surface area contributed by atoms with Crippen LogP contribution in [-0.2, 0) is 0 Å². The molecule has 1 aromatic carbocycles. The van der Waals surface area contributed by atoms with Gasteiger partial charge in [-0.1, -0.05) is 23.2 Å². The topological polar surface area (TPSA) is 47.6 Å². The van der Waals surface area contributed by atoms with Crippen LogP contribution in [0.4, 0.5) is 0 Å². The number of benzene rings is 1. The summed E-state index contributed by atoms with van der Waals surface area (Å²) >= 11 is 11.7. The smallest absolute Gasteiger partial charge is 0.0628 e. The van der Waals surface area contributed by atoms with E-state index in [4.69, 9.17) is 33.7 Å². The van der Waals surface area contributed by atoms with Crippen LogP contribution in [0.2, 0.25) is 10.0 Å². The lowest BCUT2D eigenvalue weighted by Crippen LogP contribution is -1.96. The Bertz CT molecular complexity index is 393. The molecule has 0 atom stereocenters. The summed E-state index contributed by atoms with van der Waals surface area (Å²) in [5.41, 5.74) is 0.843. The summed E-state index contributed by atoms with van der Waals surface area (Å²) in [6.45, 7) is 0. The van der Waals surface area contributed by atoms with Crippen molar-refractivity contribution in [1.29, 1.82) is 10.5 Å². The minimum absolute atomic E-state index is 0.115. The summed E-state index contributed by atoms with van der Waals surface area (Å²) in [5.74, 6) is -0.115. The summed E-state index contributed by atoms with van der Waals surface area (Å²) in [4.78, 5) is 0. The molecule has 4 heteroatoms. The van der Waals surface area contributed by atoms with E-state index in [2.05, 4.69) is 12.1 Å². The minimum Gasteiger partial charge on any atom is -0.198 e. The molecule has 0 amide bonds. The van der Waals surface area contributed by atoms with E-state index in [1.165, 1.54) is 0 Å². The van der Waals surface area contributed by atoms with Crippen LogP contribution in [-0.4, -0.2) is 0 Å². The van der Waals surface area contributed by atoms with Crippen LogP contribution in [0.15, 0.2) is 18.2 Å². The third-order valence-corrected chi connectivity index (χ3v) is 2.47. The Hall–Kier alpha value is -1.22. The lowest BCUT2D eigenvalue weighted by atomic mass is 9.94. The Kier molecular flexibility index (Phi) is 4.43. The van der Waals surface area contributed by atoms with Gasteiger partial charge in [0.1, 0.15) is 0 Å². The maximum atomic E-state index is 8.64. The first kappa shape index (κ1) is 11.9. The average molecular weight is 239 g/mol. The highest BCUT2D eigenvalue weighted by Gasteiger charge is 2.12. The molecule has 15 heavy (non-hydrogen) atoms. The fourth-order valence-electron chi connectivity index (χ4n) is 1.34. The summed E-state index contributed by atoms with van der Waals surface area (Å²) in [6.07, 6.45) is 0.592. The van der Waals surface area contributed by atoms with Crippen LogP contribution in [0.1, 0.15) is 24.3 Å². The van der Waals surface area contributed by atoms with E-state index in [1.54, 1.807) is 18.2 Å². The average Bonchev–Trinajstić information content (AvgIpc) is 2.16. The van der Waals surface area contributed by atoms with Crippen LogP contribution in [0.3, 0.4) is 0 Å². The van der Waals surface area contributed by atoms with Gasteiger partial charge in [0.15, 0.2) is 0 Å². The van der Waals surface area contributed by atoms with Gasteiger partial charge in [-0.15, -0.1) is 0 Å². The molecule has 0 aromatic heterocycles. The summed E-state index contributed by atoms with van der Waals surface area (Å²) in [6, 6.07) is 9.22. The Morgan fingerprint density at radius 1 is 1.00 bits per heavy atom. The minimum atomic E-state index is -0.115. The van der Waals surface area contributed by atoms with Crippen molar-refractivity contribution < 1.29 is 0 Å². The Morgan fingerprint density at radius 3 is 1.87 bits per heavy atom. The van der Waals surface area contributed by atoms with Gasteiger partial charge in [0.25, 0.3) is 0 Å². The fraction of sp³-hybridized carbons (Fsp3) is 0.273. The molecular formula is C11H8Cl2N2. The molecule has 0 fully saturated rings. The van der Waals surface area contributed by atoms with Crippen molar-refractivity contribution in [2.45, 2.75) is 18.8 Å². The molecule has 0 aliphatic heterocycles. The Morgan fingerprint density at radius 2 is 1.47 bits per heavy atom. The Labute approximate surface area is 98.6 Å². The fourth-order valence-corrected chi connectivity index (χ4v) is 1.88. The number of hydrogen-bond acceptors (Lipinski definition) is 2. The highest BCUT2D eigenvalue weighted by Crippen LogP contribution is 2.28. The van der Waals surface area contributed by atoms with Crippen molar-refractivity contribution in [3.8, 4) is 12.1 Å². The van der Waals surface area contributed by atoms with Crippen LogP contribution in [0.25, 0.3) is 0 Å². The summed E-state index contributed by atoms with van der Waals surface area (Å²) < 4.78 is 0. The molecular weight excluding hydrogens is 231 g/mol. The molecule has 0 saturated heterocycles. The maximum absolute atomic E-state index is 8.64. The number of rotatable bonds is 3. The van der Waals surface area contributed by atoms with E-state index in [9.17, 15) is 0 Å². The first-order chi connectivity index (χ1) is 7.17. The first-order valence-electron chi connectivity index (χ1n) is 4.37. The van der Waals surface area contributed by atoms with E-state index in [-0.39, 0.29) is 5.92 Å². The van der Waals surface area contributed by atoms with Gasteiger partial charge in [0.2, 0.25) is 0 Å². The zero-order chi connectivity index (χ0) is 11.3. The van der Waals surface area contributed by atoms with Crippen LogP contribution in [0.5, 0.6) is 0 Å². The van der Waals surface area contributed by atoms with Gasteiger partial charge in [0.05, 0.1) is 12.1 Å². The van der Waals surface area contributed by atoms with Gasteiger partial charge in [-0.25, -0.2) is 0 Å². The van der Waals surface area contributed by atoms with E-state index >= 15 is 0 Å². The molecule has 0 aliphatic carbocycles. The number of halogens is 2. The molecule has 0 N–H and O–H groups in total. The van der Waals surface area contributed by atoms with E-state index in [1.807, 2.05) is 0 Å². The summed E-state index contributed by atoms with van der Waals surface area (Å²) in [7, 11) is 0. The second-order valence-electron chi connectivity index (χ2n) is 3.12. The Balaban J connectivity index is 3.01. The molecule has 0 unspecified atom stereocenters. The third-order valence-electron chi connectivity index (χ3n) is 2.03. The predicted octanol–water partition coefficient (Wildman–Crippen LogP) is 3.90. The molecule has 0 heterocycles. The van der Waals surface area contributed by atoms with Crippen molar-refractivity contribution in [3.05, 3.63) is 33.8 Å². The molecule has 1 aromatic rings. The van der Waals surface area contributed by atoms with Gasteiger partial charge >= 0.3 is 0 Å². The first-order valence-corrected chi connectivity index (χ1v) is 5.13. The van der Waals surface area contributed by atoms with E-state index in [0.29, 0.717) is 22.9 Å². The lowest BCUT2D eigenvalue weighted by Gasteiger charge is -2.10. The normalized spacial score (nSPS) is 9.67. The second kappa shape index (κ2) is 5.61. The molecule has 1 rings (SSSR count). The standard InChI is InChI=1S/C11H8Cl2N2/c12-10-5-9(6-11(13)7-10)8(1-3-14)2-4-15/h5-8H,1-2H2. The van der Waals surface area contributed by atoms with E-state index in [0.717, 1.165) is 5.56 Å². The van der Waals surface area contributed by atoms with Gasteiger partial charge < -0.3 is 0 Å². The second-order valence-corrected chi connectivity index (χ2v) is 4.00. The highest BCUT2D eigenvalue weighted by molar-refractivity contribution is 6.34.